The molecule has 0 saturated heterocycles. The first-order valence-corrected chi connectivity index (χ1v) is 14.0. The van der Waals surface area contributed by atoms with Gasteiger partial charge < -0.3 is 15.3 Å². The van der Waals surface area contributed by atoms with Crippen LogP contribution in [-0.2, 0) is 4.79 Å². The molecule has 4 nitrogen and oxygen atoms in total. The molecule has 192 valence electrons. The molecule has 34 heavy (non-hydrogen) atoms. The summed E-state index contributed by atoms with van der Waals surface area (Å²) >= 11 is 0. The molecule has 0 bridgehead atoms. The van der Waals surface area contributed by atoms with Crippen molar-refractivity contribution in [3.8, 4) is 0 Å². The first-order chi connectivity index (χ1) is 15.7. The zero-order valence-electron chi connectivity index (χ0n) is 22.5. The standard InChI is InChI=1S/C30H48O4/c1-17-10-13-30(25(33)34)15-14-28(6)19(23(30)18(17)2)8-9-22-27(5)16-20(31)24(32)26(3,4)21(27)11-12-29(22,28)7/h8,17-18,20-24,31-32H,9-16H2,1-7H3,(H,33,34)/t17-,18+,20-,21?,22?,23?,24+,27+,28-,29-,30-/m1/s1. The van der Waals surface area contributed by atoms with E-state index in [2.05, 4.69) is 54.5 Å². The number of allylic oxidation sites excluding steroid dienone is 2. The Hall–Kier alpha value is -0.870. The number of hydrogen-bond donors (Lipinski definition) is 3. The van der Waals surface area contributed by atoms with Crippen LogP contribution in [0.15, 0.2) is 11.6 Å². The minimum absolute atomic E-state index is 0.00993. The van der Waals surface area contributed by atoms with Gasteiger partial charge in [0.05, 0.1) is 17.6 Å². The summed E-state index contributed by atoms with van der Waals surface area (Å²) in [6.07, 6.45) is 8.53. The second-order valence-corrected chi connectivity index (χ2v) is 14.6. The average molecular weight is 473 g/mol. The van der Waals surface area contributed by atoms with Crippen LogP contribution in [0.2, 0.25) is 0 Å². The molecule has 0 aromatic rings. The van der Waals surface area contributed by atoms with Gasteiger partial charge in [-0.25, -0.2) is 0 Å². The normalized spacial score (nSPS) is 56.3. The Morgan fingerprint density at radius 1 is 0.941 bits per heavy atom. The average Bonchev–Trinajstić information content (AvgIpc) is 2.75. The fourth-order valence-electron chi connectivity index (χ4n) is 11.0. The van der Waals surface area contributed by atoms with E-state index in [1.807, 2.05) is 0 Å². The summed E-state index contributed by atoms with van der Waals surface area (Å²) < 4.78 is 0. The molecular weight excluding hydrogens is 424 g/mol. The third-order valence-electron chi connectivity index (χ3n) is 13.4. The Labute approximate surface area is 206 Å². The van der Waals surface area contributed by atoms with E-state index in [-0.39, 0.29) is 27.6 Å². The first-order valence-electron chi connectivity index (χ1n) is 14.0. The maximum Gasteiger partial charge on any atom is 0.310 e. The van der Waals surface area contributed by atoms with Crippen LogP contribution in [0, 0.1) is 56.7 Å². The highest BCUT2D eigenvalue weighted by atomic mass is 16.4. The highest BCUT2D eigenvalue weighted by molar-refractivity contribution is 5.76. The van der Waals surface area contributed by atoms with Gasteiger partial charge in [-0.2, -0.15) is 0 Å². The number of aliphatic carboxylic acids is 1. The number of rotatable bonds is 1. The maximum absolute atomic E-state index is 12.8. The number of aliphatic hydroxyl groups excluding tert-OH is 2. The van der Waals surface area contributed by atoms with Gasteiger partial charge in [-0.15, -0.1) is 0 Å². The smallest absolute Gasteiger partial charge is 0.310 e. The Morgan fingerprint density at radius 2 is 1.62 bits per heavy atom. The molecular formula is C30H48O4. The lowest BCUT2D eigenvalue weighted by molar-refractivity contribution is -0.232. The van der Waals surface area contributed by atoms with E-state index in [4.69, 9.17) is 0 Å². The molecule has 0 aromatic carbocycles. The number of aliphatic hydroxyl groups is 2. The minimum atomic E-state index is -0.679. The van der Waals surface area contributed by atoms with E-state index in [9.17, 15) is 20.1 Å². The molecule has 5 aliphatic carbocycles. The Morgan fingerprint density at radius 3 is 2.26 bits per heavy atom. The SMILES string of the molecule is C[C@@H]1CC[C@@]2(C(=O)O)CC[C@]3(C)C(=CCC4[C@@]5(C)C[C@@H](O)[C@H](O)C(C)(C)C5CC[C@]43C)C2[C@H]1C. The summed E-state index contributed by atoms with van der Waals surface area (Å²) in [4.78, 5) is 12.8. The summed E-state index contributed by atoms with van der Waals surface area (Å²) in [6, 6.07) is 0. The van der Waals surface area contributed by atoms with Crippen LogP contribution in [-0.4, -0.2) is 33.5 Å². The molecule has 5 rings (SSSR count). The number of fused-ring (bicyclic) bond motifs is 7. The van der Waals surface area contributed by atoms with Crippen molar-refractivity contribution in [2.45, 2.75) is 112 Å². The number of carboxylic acid groups (broad SMARTS) is 1. The van der Waals surface area contributed by atoms with E-state index in [0.717, 1.165) is 44.9 Å². The molecule has 4 heteroatoms. The van der Waals surface area contributed by atoms with Crippen molar-refractivity contribution in [1.29, 1.82) is 0 Å². The van der Waals surface area contributed by atoms with E-state index in [0.29, 0.717) is 30.1 Å². The zero-order chi connectivity index (χ0) is 25.1. The van der Waals surface area contributed by atoms with Crippen LogP contribution < -0.4 is 0 Å². The van der Waals surface area contributed by atoms with Crippen LogP contribution in [0.4, 0.5) is 0 Å². The van der Waals surface area contributed by atoms with E-state index >= 15 is 0 Å². The van der Waals surface area contributed by atoms with Crippen LogP contribution in [0.5, 0.6) is 0 Å². The fourth-order valence-corrected chi connectivity index (χ4v) is 11.0. The second kappa shape index (κ2) is 7.34. The highest BCUT2D eigenvalue weighted by Crippen LogP contribution is 2.75. The van der Waals surface area contributed by atoms with Gasteiger partial charge in [0.25, 0.3) is 0 Å². The summed E-state index contributed by atoms with van der Waals surface area (Å²) in [5.41, 5.74) is 0.574. The second-order valence-electron chi connectivity index (χ2n) is 14.6. The number of hydrogen-bond acceptors (Lipinski definition) is 3. The number of carbonyl (C=O) groups is 1. The quantitative estimate of drug-likeness (QED) is 0.405. The van der Waals surface area contributed by atoms with Crippen molar-refractivity contribution in [3.05, 3.63) is 11.6 Å². The highest BCUT2D eigenvalue weighted by Gasteiger charge is 2.70. The molecule has 11 atom stereocenters. The molecule has 0 aliphatic heterocycles. The lowest BCUT2D eigenvalue weighted by atomic mass is 9.33. The topological polar surface area (TPSA) is 77.8 Å². The molecule has 4 fully saturated rings. The Kier molecular flexibility index (Phi) is 5.36. The monoisotopic (exact) mass is 472 g/mol. The molecule has 0 heterocycles. The third-order valence-corrected chi connectivity index (χ3v) is 13.4. The fraction of sp³-hybridized carbons (Fsp3) is 0.900. The van der Waals surface area contributed by atoms with Gasteiger partial charge in [0, 0.05) is 0 Å². The van der Waals surface area contributed by atoms with Crippen molar-refractivity contribution >= 4 is 5.97 Å². The van der Waals surface area contributed by atoms with E-state index < -0.39 is 23.6 Å². The third kappa shape index (κ3) is 2.76. The van der Waals surface area contributed by atoms with Gasteiger partial charge in [0.1, 0.15) is 0 Å². The van der Waals surface area contributed by atoms with Crippen molar-refractivity contribution in [2.24, 2.45) is 56.7 Å². The molecule has 5 aliphatic rings. The lowest BCUT2D eigenvalue weighted by Gasteiger charge is -2.71. The molecule has 0 spiro atoms. The van der Waals surface area contributed by atoms with E-state index in [1.165, 1.54) is 5.57 Å². The van der Waals surface area contributed by atoms with Crippen LogP contribution in [0.3, 0.4) is 0 Å². The van der Waals surface area contributed by atoms with Gasteiger partial charge in [0.2, 0.25) is 0 Å². The predicted molar refractivity (Wildman–Crippen MR) is 134 cm³/mol. The molecule has 0 amide bonds. The van der Waals surface area contributed by atoms with Gasteiger partial charge in [-0.1, -0.05) is 60.1 Å². The predicted octanol–water partition coefficient (Wildman–Crippen LogP) is 6.06. The lowest BCUT2D eigenvalue weighted by Crippen LogP contribution is -2.67. The molecule has 0 radical (unpaired) electrons. The van der Waals surface area contributed by atoms with Gasteiger partial charge in [-0.05, 0) is 103 Å². The van der Waals surface area contributed by atoms with Crippen molar-refractivity contribution in [2.75, 3.05) is 0 Å². The summed E-state index contributed by atoms with van der Waals surface area (Å²) in [6.45, 7) is 16.3. The summed E-state index contributed by atoms with van der Waals surface area (Å²) in [5.74, 6) is 1.30. The van der Waals surface area contributed by atoms with Crippen LogP contribution in [0.1, 0.15) is 99.8 Å². The maximum atomic E-state index is 12.8. The van der Waals surface area contributed by atoms with E-state index in [1.54, 1.807) is 0 Å². The van der Waals surface area contributed by atoms with Crippen molar-refractivity contribution in [3.63, 3.8) is 0 Å². The Balaban J connectivity index is 1.62. The molecule has 0 aromatic heterocycles. The summed E-state index contributed by atoms with van der Waals surface area (Å²) in [7, 11) is 0. The molecule has 4 saturated carbocycles. The van der Waals surface area contributed by atoms with Crippen LogP contribution >= 0.6 is 0 Å². The molecule has 3 unspecified atom stereocenters. The summed E-state index contributed by atoms with van der Waals surface area (Å²) in [5, 5.41) is 32.4. The Bertz CT molecular complexity index is 907. The minimum Gasteiger partial charge on any atom is -0.481 e. The van der Waals surface area contributed by atoms with Crippen LogP contribution in [0.25, 0.3) is 0 Å². The van der Waals surface area contributed by atoms with Gasteiger partial charge in [-0.3, -0.25) is 4.79 Å². The largest absolute Gasteiger partial charge is 0.481 e. The van der Waals surface area contributed by atoms with Crippen molar-refractivity contribution < 1.29 is 20.1 Å². The zero-order valence-corrected chi connectivity index (χ0v) is 22.5. The molecule has 3 N–H and O–H groups in total. The van der Waals surface area contributed by atoms with Gasteiger partial charge in [0.15, 0.2) is 0 Å². The van der Waals surface area contributed by atoms with Crippen molar-refractivity contribution in [1.82, 2.24) is 0 Å². The first kappa shape index (κ1) is 24.8. The van der Waals surface area contributed by atoms with Gasteiger partial charge >= 0.3 is 5.97 Å². The number of carboxylic acids is 1.